The maximum Gasteiger partial charge on any atom is 0.119 e. The van der Waals surface area contributed by atoms with E-state index in [1.54, 1.807) is 0 Å². The molecule has 21 heavy (non-hydrogen) atoms. The molecule has 0 aromatic heterocycles. The summed E-state index contributed by atoms with van der Waals surface area (Å²) in [6.45, 7) is 5.17. The molecular weight excluding hydrogens is 260 g/mol. The van der Waals surface area contributed by atoms with Gasteiger partial charge < -0.3 is 10.5 Å². The van der Waals surface area contributed by atoms with Crippen molar-refractivity contribution in [1.29, 1.82) is 0 Å². The maximum atomic E-state index is 5.75. The van der Waals surface area contributed by atoms with Crippen molar-refractivity contribution in [2.75, 3.05) is 26.4 Å². The Kier molecular flexibility index (Phi) is 6.25. The maximum absolute atomic E-state index is 5.75. The van der Waals surface area contributed by atoms with Crippen LogP contribution in [0.4, 0.5) is 0 Å². The third kappa shape index (κ3) is 5.21. The smallest absolute Gasteiger partial charge is 0.119 e. The Hall–Kier alpha value is -1.84. The Labute approximate surface area is 127 Å². The highest BCUT2D eigenvalue weighted by atomic mass is 16.5. The third-order valence-corrected chi connectivity index (χ3v) is 3.56. The van der Waals surface area contributed by atoms with Crippen molar-refractivity contribution < 1.29 is 4.74 Å². The summed E-state index contributed by atoms with van der Waals surface area (Å²) in [6.07, 6.45) is 0.956. The molecule has 0 aliphatic heterocycles. The summed E-state index contributed by atoms with van der Waals surface area (Å²) in [7, 11) is 0. The number of rotatable bonds is 8. The van der Waals surface area contributed by atoms with Gasteiger partial charge in [-0.15, -0.1) is 0 Å². The van der Waals surface area contributed by atoms with Crippen LogP contribution >= 0.6 is 0 Å². The second kappa shape index (κ2) is 8.45. The Morgan fingerprint density at radius 1 is 0.952 bits per heavy atom. The number of benzene rings is 2. The molecule has 0 atom stereocenters. The van der Waals surface area contributed by atoms with E-state index < -0.39 is 0 Å². The summed E-state index contributed by atoms with van der Waals surface area (Å²) >= 11 is 0. The number of likely N-dealkylation sites (N-methyl/N-ethyl adjacent to an activating group) is 1. The first kappa shape index (κ1) is 15.5. The first-order valence-corrected chi connectivity index (χ1v) is 7.50. The van der Waals surface area contributed by atoms with Crippen LogP contribution < -0.4 is 10.5 Å². The summed E-state index contributed by atoms with van der Waals surface area (Å²) in [6, 6.07) is 18.8. The van der Waals surface area contributed by atoms with Crippen LogP contribution in [-0.4, -0.2) is 31.3 Å². The molecule has 2 aromatic carbocycles. The van der Waals surface area contributed by atoms with Gasteiger partial charge in [0.2, 0.25) is 0 Å². The Morgan fingerprint density at radius 2 is 1.62 bits per heavy atom. The molecule has 0 bridgehead atoms. The first-order valence-electron chi connectivity index (χ1n) is 7.50. The van der Waals surface area contributed by atoms with Gasteiger partial charge in [-0.25, -0.2) is 0 Å². The van der Waals surface area contributed by atoms with Crippen molar-refractivity contribution in [3.05, 3.63) is 65.7 Å². The summed E-state index contributed by atoms with van der Waals surface area (Å²) in [5.74, 6) is 0.917. The monoisotopic (exact) mass is 284 g/mol. The highest BCUT2D eigenvalue weighted by Gasteiger charge is 2.00. The molecule has 2 rings (SSSR count). The van der Waals surface area contributed by atoms with E-state index in [1.165, 1.54) is 11.1 Å². The molecule has 0 aliphatic carbocycles. The van der Waals surface area contributed by atoms with Crippen molar-refractivity contribution in [3.63, 3.8) is 0 Å². The minimum absolute atomic E-state index is 0.579. The van der Waals surface area contributed by atoms with E-state index in [0.717, 1.165) is 25.3 Å². The van der Waals surface area contributed by atoms with Gasteiger partial charge >= 0.3 is 0 Å². The zero-order valence-electron chi connectivity index (χ0n) is 12.7. The molecule has 0 spiro atoms. The van der Waals surface area contributed by atoms with Gasteiger partial charge in [-0.1, -0.05) is 49.4 Å². The lowest BCUT2D eigenvalue weighted by atomic mass is 10.1. The average Bonchev–Trinajstić information content (AvgIpc) is 2.54. The minimum atomic E-state index is 0.579. The first-order chi connectivity index (χ1) is 10.3. The molecule has 0 unspecified atom stereocenters. The third-order valence-electron chi connectivity index (χ3n) is 3.56. The molecule has 0 fully saturated rings. The van der Waals surface area contributed by atoms with E-state index in [2.05, 4.69) is 48.2 Å². The SMILES string of the molecule is CCN(CN)CCOc1ccc(Cc2ccccc2)cc1. The molecule has 0 saturated heterocycles. The normalized spacial score (nSPS) is 10.8. The molecular formula is C18H24N2O. The van der Waals surface area contributed by atoms with Crippen molar-refractivity contribution in [2.24, 2.45) is 5.73 Å². The van der Waals surface area contributed by atoms with Crippen LogP contribution in [0.1, 0.15) is 18.1 Å². The summed E-state index contributed by atoms with van der Waals surface area (Å²) in [5.41, 5.74) is 8.25. The summed E-state index contributed by atoms with van der Waals surface area (Å²) < 4.78 is 5.75. The lowest BCUT2D eigenvalue weighted by Crippen LogP contribution is -2.33. The molecule has 0 aliphatic rings. The molecule has 2 N–H and O–H groups in total. The lowest BCUT2D eigenvalue weighted by Gasteiger charge is -2.17. The van der Waals surface area contributed by atoms with Crippen molar-refractivity contribution in [2.45, 2.75) is 13.3 Å². The van der Waals surface area contributed by atoms with Crippen LogP contribution in [0, 0.1) is 0 Å². The zero-order valence-corrected chi connectivity index (χ0v) is 12.7. The number of hydrogen-bond donors (Lipinski definition) is 1. The van der Waals surface area contributed by atoms with E-state index in [-0.39, 0.29) is 0 Å². The van der Waals surface area contributed by atoms with Crippen LogP contribution in [0.15, 0.2) is 54.6 Å². The predicted molar refractivity (Wildman–Crippen MR) is 87.5 cm³/mol. The highest BCUT2D eigenvalue weighted by molar-refractivity contribution is 5.31. The second-order valence-corrected chi connectivity index (χ2v) is 5.05. The summed E-state index contributed by atoms with van der Waals surface area (Å²) in [5, 5.41) is 0. The fraction of sp³-hybridized carbons (Fsp3) is 0.333. The van der Waals surface area contributed by atoms with Crippen molar-refractivity contribution >= 4 is 0 Å². The Morgan fingerprint density at radius 3 is 2.24 bits per heavy atom. The van der Waals surface area contributed by atoms with Gasteiger partial charge in [0.25, 0.3) is 0 Å². The van der Waals surface area contributed by atoms with E-state index in [9.17, 15) is 0 Å². The topological polar surface area (TPSA) is 38.5 Å². The van der Waals surface area contributed by atoms with Gasteiger partial charge in [-0.05, 0) is 36.2 Å². The zero-order chi connectivity index (χ0) is 14.9. The molecule has 0 heterocycles. The van der Waals surface area contributed by atoms with Crippen LogP contribution in [0.3, 0.4) is 0 Å². The molecule has 3 heteroatoms. The van der Waals surface area contributed by atoms with Gasteiger partial charge in [0.15, 0.2) is 0 Å². The molecule has 2 aromatic rings. The largest absolute Gasteiger partial charge is 0.492 e. The standard InChI is InChI=1S/C18H24N2O/c1-2-20(15-19)12-13-21-18-10-8-17(9-11-18)14-16-6-4-3-5-7-16/h3-11H,2,12-15,19H2,1H3. The summed E-state index contributed by atoms with van der Waals surface area (Å²) in [4.78, 5) is 2.14. The van der Waals surface area contributed by atoms with Gasteiger partial charge in [0.1, 0.15) is 12.4 Å². The number of nitrogens with two attached hydrogens (primary N) is 1. The van der Waals surface area contributed by atoms with Crippen LogP contribution in [-0.2, 0) is 6.42 Å². The molecule has 3 nitrogen and oxygen atoms in total. The van der Waals surface area contributed by atoms with Crippen LogP contribution in [0.25, 0.3) is 0 Å². The van der Waals surface area contributed by atoms with Gasteiger partial charge in [-0.2, -0.15) is 0 Å². The molecule has 112 valence electrons. The van der Waals surface area contributed by atoms with Gasteiger partial charge in [-0.3, -0.25) is 4.90 Å². The highest BCUT2D eigenvalue weighted by Crippen LogP contribution is 2.15. The minimum Gasteiger partial charge on any atom is -0.492 e. The van der Waals surface area contributed by atoms with E-state index >= 15 is 0 Å². The van der Waals surface area contributed by atoms with Gasteiger partial charge in [0, 0.05) is 13.2 Å². The fourth-order valence-electron chi connectivity index (χ4n) is 2.21. The van der Waals surface area contributed by atoms with Crippen molar-refractivity contribution in [1.82, 2.24) is 4.90 Å². The Balaban J connectivity index is 1.82. The van der Waals surface area contributed by atoms with E-state index in [1.807, 2.05) is 18.2 Å². The predicted octanol–water partition coefficient (Wildman–Crippen LogP) is 2.89. The van der Waals surface area contributed by atoms with E-state index in [0.29, 0.717) is 13.3 Å². The number of nitrogens with zero attached hydrogens (tertiary/aromatic N) is 1. The number of ether oxygens (including phenoxy) is 1. The molecule has 0 saturated carbocycles. The van der Waals surface area contributed by atoms with Gasteiger partial charge in [0.05, 0.1) is 0 Å². The Bertz CT molecular complexity index is 507. The quantitative estimate of drug-likeness (QED) is 0.758. The molecule has 0 radical (unpaired) electrons. The second-order valence-electron chi connectivity index (χ2n) is 5.05. The lowest BCUT2D eigenvalue weighted by molar-refractivity contribution is 0.219. The number of hydrogen-bond acceptors (Lipinski definition) is 3. The fourth-order valence-corrected chi connectivity index (χ4v) is 2.21. The van der Waals surface area contributed by atoms with Crippen LogP contribution in [0.2, 0.25) is 0 Å². The van der Waals surface area contributed by atoms with Crippen molar-refractivity contribution in [3.8, 4) is 5.75 Å². The molecule has 0 amide bonds. The van der Waals surface area contributed by atoms with Crippen LogP contribution in [0.5, 0.6) is 5.75 Å². The van der Waals surface area contributed by atoms with E-state index in [4.69, 9.17) is 10.5 Å². The average molecular weight is 284 g/mol.